The first-order valence-corrected chi connectivity index (χ1v) is 8.13. The van der Waals surface area contributed by atoms with Crippen molar-refractivity contribution in [2.24, 2.45) is 5.92 Å². The van der Waals surface area contributed by atoms with E-state index in [9.17, 15) is 9.90 Å². The van der Waals surface area contributed by atoms with Gasteiger partial charge in [0.15, 0.2) is 0 Å². The van der Waals surface area contributed by atoms with E-state index in [2.05, 4.69) is 10.3 Å². The maximum absolute atomic E-state index is 12.4. The lowest BCUT2D eigenvalue weighted by atomic mass is 9.95. The van der Waals surface area contributed by atoms with Gasteiger partial charge in [-0.1, -0.05) is 19.3 Å². The van der Waals surface area contributed by atoms with Gasteiger partial charge in [0.05, 0.1) is 17.9 Å². The molecule has 1 amide bonds. The smallest absolute Gasteiger partial charge is 0.253 e. The molecule has 0 saturated heterocycles. The Morgan fingerprint density at radius 2 is 2.14 bits per heavy atom. The van der Waals surface area contributed by atoms with Gasteiger partial charge >= 0.3 is 0 Å². The number of rotatable bonds is 5. The molecule has 1 aromatic heterocycles. The van der Waals surface area contributed by atoms with Crippen molar-refractivity contribution in [1.82, 2.24) is 10.3 Å². The molecule has 0 bridgehead atoms. The molecular weight excluding hydrogens is 280 g/mol. The Morgan fingerprint density at radius 3 is 2.86 bits per heavy atom. The third kappa shape index (κ3) is 4.70. The van der Waals surface area contributed by atoms with Crippen LogP contribution in [0.25, 0.3) is 0 Å². The molecule has 1 aliphatic carbocycles. The lowest BCUT2D eigenvalue weighted by Gasteiger charge is -2.24. The molecule has 1 heterocycles. The highest BCUT2D eigenvalue weighted by Crippen LogP contribution is 2.23. The first-order valence-electron chi connectivity index (χ1n) is 8.13. The lowest BCUT2D eigenvalue weighted by Crippen LogP contribution is -2.41. The van der Waals surface area contributed by atoms with E-state index in [4.69, 9.17) is 4.74 Å². The molecule has 1 saturated carbocycles. The van der Waals surface area contributed by atoms with Crippen molar-refractivity contribution in [1.29, 1.82) is 0 Å². The van der Waals surface area contributed by atoms with Crippen LogP contribution in [0.2, 0.25) is 0 Å². The minimum Gasteiger partial charge on any atom is -0.489 e. The van der Waals surface area contributed by atoms with Crippen LogP contribution in [0.3, 0.4) is 0 Å². The van der Waals surface area contributed by atoms with E-state index in [1.165, 1.54) is 6.42 Å². The summed E-state index contributed by atoms with van der Waals surface area (Å²) >= 11 is 0. The fourth-order valence-electron chi connectivity index (χ4n) is 2.92. The number of carbonyl (C=O) groups is 1. The van der Waals surface area contributed by atoms with Crippen LogP contribution in [0.4, 0.5) is 0 Å². The first kappa shape index (κ1) is 16.7. The third-order valence-electron chi connectivity index (χ3n) is 4.06. The molecule has 0 aromatic carbocycles. The summed E-state index contributed by atoms with van der Waals surface area (Å²) in [6.07, 6.45) is 8.48. The summed E-state index contributed by atoms with van der Waals surface area (Å²) in [6, 6.07) is 1.75. The predicted octanol–water partition coefficient (Wildman–Crippen LogP) is 2.54. The number of aliphatic hydroxyl groups excluding tert-OH is 1. The van der Waals surface area contributed by atoms with Crippen LogP contribution in [-0.2, 0) is 0 Å². The Labute approximate surface area is 132 Å². The van der Waals surface area contributed by atoms with E-state index in [0.29, 0.717) is 11.3 Å². The normalized spacial score (nSPS) is 22.2. The zero-order valence-corrected chi connectivity index (χ0v) is 13.4. The molecule has 5 heteroatoms. The van der Waals surface area contributed by atoms with Crippen molar-refractivity contribution in [3.63, 3.8) is 0 Å². The van der Waals surface area contributed by atoms with Gasteiger partial charge in [0.1, 0.15) is 5.75 Å². The highest BCUT2D eigenvalue weighted by Gasteiger charge is 2.25. The predicted molar refractivity (Wildman–Crippen MR) is 84.9 cm³/mol. The standard InChI is InChI=1S/C17H26N2O3/c1-12(2)22-15-8-14(9-18-10-15)17(21)19-16-7-5-3-4-6-13(16)11-20/h8-10,12-13,16,20H,3-7,11H2,1-2H3,(H,19,21). The summed E-state index contributed by atoms with van der Waals surface area (Å²) < 4.78 is 5.57. The number of hydrogen-bond acceptors (Lipinski definition) is 4. The maximum Gasteiger partial charge on any atom is 0.253 e. The molecule has 1 fully saturated rings. The van der Waals surface area contributed by atoms with Crippen molar-refractivity contribution in [2.45, 2.75) is 58.1 Å². The average molecular weight is 306 g/mol. The van der Waals surface area contributed by atoms with Crippen molar-refractivity contribution in [3.8, 4) is 5.75 Å². The van der Waals surface area contributed by atoms with Gasteiger partial charge in [0, 0.05) is 24.8 Å². The molecule has 22 heavy (non-hydrogen) atoms. The van der Waals surface area contributed by atoms with Crippen LogP contribution in [0.15, 0.2) is 18.5 Å². The van der Waals surface area contributed by atoms with Crippen molar-refractivity contribution >= 4 is 5.91 Å². The van der Waals surface area contributed by atoms with Gasteiger partial charge in [-0.15, -0.1) is 0 Å². The van der Waals surface area contributed by atoms with Crippen LogP contribution in [0.1, 0.15) is 56.3 Å². The van der Waals surface area contributed by atoms with Crippen molar-refractivity contribution in [3.05, 3.63) is 24.0 Å². The minimum atomic E-state index is -0.146. The number of pyridine rings is 1. The summed E-state index contributed by atoms with van der Waals surface area (Å²) in [7, 11) is 0. The van der Waals surface area contributed by atoms with Crippen molar-refractivity contribution in [2.75, 3.05) is 6.61 Å². The molecule has 0 aliphatic heterocycles. The molecule has 2 atom stereocenters. The second-order valence-electron chi connectivity index (χ2n) is 6.24. The molecule has 2 N–H and O–H groups in total. The second kappa shape index (κ2) is 8.13. The summed E-state index contributed by atoms with van der Waals surface area (Å²) in [4.78, 5) is 16.5. The van der Waals surface area contributed by atoms with Gasteiger partial charge in [-0.25, -0.2) is 0 Å². The molecule has 1 aromatic rings. The minimum absolute atomic E-state index is 0.0367. The Hall–Kier alpha value is -1.62. The molecule has 1 aliphatic rings. The van der Waals surface area contributed by atoms with Crippen molar-refractivity contribution < 1.29 is 14.6 Å². The number of amides is 1. The fraction of sp³-hybridized carbons (Fsp3) is 0.647. The number of aliphatic hydroxyl groups is 1. The molecule has 2 rings (SSSR count). The summed E-state index contributed by atoms with van der Waals surface area (Å²) in [5.74, 6) is 0.601. The third-order valence-corrected chi connectivity index (χ3v) is 4.06. The number of ether oxygens (including phenoxy) is 1. The van der Waals surface area contributed by atoms with E-state index in [-0.39, 0.29) is 30.6 Å². The lowest BCUT2D eigenvalue weighted by molar-refractivity contribution is 0.0898. The van der Waals surface area contributed by atoms with Gasteiger partial charge in [-0.2, -0.15) is 0 Å². The van der Waals surface area contributed by atoms with E-state index in [1.54, 1.807) is 18.5 Å². The molecule has 2 unspecified atom stereocenters. The number of aromatic nitrogens is 1. The van der Waals surface area contributed by atoms with E-state index in [0.717, 1.165) is 25.7 Å². The largest absolute Gasteiger partial charge is 0.489 e. The highest BCUT2D eigenvalue weighted by atomic mass is 16.5. The average Bonchev–Trinajstić information content (AvgIpc) is 2.71. The number of carbonyl (C=O) groups excluding carboxylic acids is 1. The van der Waals surface area contributed by atoms with Crippen LogP contribution in [0.5, 0.6) is 5.75 Å². The van der Waals surface area contributed by atoms with Gasteiger partial charge in [-0.05, 0) is 32.8 Å². The molecule has 0 radical (unpaired) electrons. The monoisotopic (exact) mass is 306 g/mol. The molecule has 0 spiro atoms. The number of nitrogens with one attached hydrogen (secondary N) is 1. The Bertz CT molecular complexity index is 491. The Morgan fingerprint density at radius 1 is 1.36 bits per heavy atom. The van der Waals surface area contributed by atoms with E-state index < -0.39 is 0 Å². The van der Waals surface area contributed by atoms with Crippen LogP contribution >= 0.6 is 0 Å². The maximum atomic E-state index is 12.4. The van der Waals surface area contributed by atoms with Crippen LogP contribution < -0.4 is 10.1 Å². The van der Waals surface area contributed by atoms with Gasteiger partial charge in [-0.3, -0.25) is 9.78 Å². The molecule has 122 valence electrons. The quantitative estimate of drug-likeness (QED) is 0.820. The van der Waals surface area contributed by atoms with E-state index in [1.807, 2.05) is 13.8 Å². The van der Waals surface area contributed by atoms with E-state index >= 15 is 0 Å². The summed E-state index contributed by atoms with van der Waals surface area (Å²) in [6.45, 7) is 3.99. The summed E-state index contributed by atoms with van der Waals surface area (Å²) in [5.41, 5.74) is 0.499. The number of nitrogens with zero attached hydrogens (tertiary/aromatic N) is 1. The number of hydrogen-bond donors (Lipinski definition) is 2. The Balaban J connectivity index is 2.04. The van der Waals surface area contributed by atoms with Crippen LogP contribution in [-0.4, -0.2) is 34.8 Å². The molecular formula is C17H26N2O3. The highest BCUT2D eigenvalue weighted by molar-refractivity contribution is 5.94. The SMILES string of the molecule is CC(C)Oc1cncc(C(=O)NC2CCCCCC2CO)c1. The first-order chi connectivity index (χ1) is 10.6. The van der Waals surface area contributed by atoms with Gasteiger partial charge in [0.25, 0.3) is 5.91 Å². The zero-order valence-electron chi connectivity index (χ0n) is 13.4. The van der Waals surface area contributed by atoms with Gasteiger partial charge < -0.3 is 15.2 Å². The molecule has 5 nitrogen and oxygen atoms in total. The topological polar surface area (TPSA) is 71.5 Å². The fourth-order valence-corrected chi connectivity index (χ4v) is 2.92. The second-order valence-corrected chi connectivity index (χ2v) is 6.24. The zero-order chi connectivity index (χ0) is 15.9. The Kier molecular flexibility index (Phi) is 6.19. The van der Waals surface area contributed by atoms with Gasteiger partial charge in [0.2, 0.25) is 0 Å². The van der Waals surface area contributed by atoms with Crippen LogP contribution in [0, 0.1) is 5.92 Å². The summed E-state index contributed by atoms with van der Waals surface area (Å²) in [5, 5.41) is 12.6.